The van der Waals surface area contributed by atoms with E-state index in [1.165, 1.54) is 11.6 Å². The number of alkyl halides is 1. The molecule has 20 heavy (non-hydrogen) atoms. The maximum Gasteiger partial charge on any atom is 0.129 e. The van der Waals surface area contributed by atoms with E-state index in [0.29, 0.717) is 15.1 Å². The van der Waals surface area contributed by atoms with Gasteiger partial charge in [0, 0.05) is 10.0 Å². The van der Waals surface area contributed by atoms with Gasteiger partial charge in [-0.15, -0.1) is 11.6 Å². The molecule has 0 heterocycles. The minimum Gasteiger partial charge on any atom is -0.207 e. The summed E-state index contributed by atoms with van der Waals surface area (Å²) in [5.74, 6) is -0.361. The summed E-state index contributed by atoms with van der Waals surface area (Å²) >= 11 is 15.8. The van der Waals surface area contributed by atoms with Gasteiger partial charge in [-0.05, 0) is 65.5 Å². The van der Waals surface area contributed by atoms with E-state index in [2.05, 4.69) is 28.1 Å². The Morgan fingerprint density at radius 2 is 1.60 bits per heavy atom. The quantitative estimate of drug-likeness (QED) is 0.415. The predicted octanol–water partition coefficient (Wildman–Crippen LogP) is 6.50. The van der Waals surface area contributed by atoms with Gasteiger partial charge in [-0.3, -0.25) is 0 Å². The van der Waals surface area contributed by atoms with E-state index < -0.39 is 5.38 Å². The van der Waals surface area contributed by atoms with Crippen LogP contribution in [-0.4, -0.2) is 0 Å². The third-order valence-corrected chi connectivity index (χ3v) is 4.95. The van der Waals surface area contributed by atoms with Crippen LogP contribution in [0.15, 0.2) is 28.7 Å². The van der Waals surface area contributed by atoms with Gasteiger partial charge in [0.1, 0.15) is 5.82 Å². The first-order valence-electron chi connectivity index (χ1n) is 6.17. The highest BCUT2D eigenvalue weighted by Gasteiger charge is 2.20. The maximum absolute atomic E-state index is 14.1. The highest BCUT2D eigenvalue weighted by Crippen LogP contribution is 2.38. The number of rotatable bonds is 2. The molecule has 2 rings (SSSR count). The van der Waals surface area contributed by atoms with E-state index in [-0.39, 0.29) is 5.82 Å². The molecule has 0 N–H and O–H groups in total. The van der Waals surface area contributed by atoms with Crippen LogP contribution in [-0.2, 0) is 0 Å². The Hall–Kier alpha value is -0.570. The Morgan fingerprint density at radius 1 is 1.05 bits per heavy atom. The first-order chi connectivity index (χ1) is 9.31. The molecule has 0 aliphatic rings. The van der Waals surface area contributed by atoms with Crippen molar-refractivity contribution in [2.75, 3.05) is 0 Å². The van der Waals surface area contributed by atoms with Gasteiger partial charge in [0.2, 0.25) is 0 Å². The number of hydrogen-bond acceptors (Lipinski definition) is 0. The van der Waals surface area contributed by atoms with Crippen molar-refractivity contribution in [2.24, 2.45) is 0 Å². The van der Waals surface area contributed by atoms with Crippen LogP contribution in [0.4, 0.5) is 4.39 Å². The monoisotopic (exact) mass is 374 g/mol. The molecule has 0 saturated heterocycles. The van der Waals surface area contributed by atoms with Gasteiger partial charge < -0.3 is 0 Å². The van der Waals surface area contributed by atoms with Crippen molar-refractivity contribution in [1.82, 2.24) is 0 Å². The van der Waals surface area contributed by atoms with Crippen LogP contribution in [0.25, 0.3) is 0 Å². The molecule has 0 saturated carbocycles. The summed E-state index contributed by atoms with van der Waals surface area (Å²) in [7, 11) is 0. The van der Waals surface area contributed by atoms with Crippen molar-refractivity contribution >= 4 is 39.1 Å². The molecule has 2 aromatic carbocycles. The van der Waals surface area contributed by atoms with Gasteiger partial charge >= 0.3 is 0 Å². The van der Waals surface area contributed by atoms with Crippen LogP contribution in [0, 0.1) is 26.6 Å². The fourth-order valence-corrected chi connectivity index (χ4v) is 3.48. The Kier molecular flexibility index (Phi) is 4.78. The topological polar surface area (TPSA) is 0 Å². The first kappa shape index (κ1) is 15.8. The third kappa shape index (κ3) is 3.03. The smallest absolute Gasteiger partial charge is 0.129 e. The largest absolute Gasteiger partial charge is 0.207 e. The molecular weight excluding hydrogens is 362 g/mol. The van der Waals surface area contributed by atoms with Gasteiger partial charge in [-0.25, -0.2) is 4.39 Å². The number of halogens is 4. The van der Waals surface area contributed by atoms with Crippen molar-refractivity contribution in [3.8, 4) is 0 Å². The molecule has 0 radical (unpaired) electrons. The fraction of sp³-hybridized carbons (Fsp3) is 0.250. The van der Waals surface area contributed by atoms with E-state index in [4.69, 9.17) is 23.2 Å². The second-order valence-corrected chi connectivity index (χ2v) is 6.66. The summed E-state index contributed by atoms with van der Waals surface area (Å²) in [6.45, 7) is 6.01. The number of benzene rings is 2. The predicted molar refractivity (Wildman–Crippen MR) is 87.5 cm³/mol. The summed E-state index contributed by atoms with van der Waals surface area (Å²) in [5.41, 5.74) is 4.62. The molecule has 1 atom stereocenters. The van der Waals surface area contributed by atoms with Gasteiger partial charge in [0.05, 0.1) is 10.4 Å². The second kappa shape index (κ2) is 6.05. The van der Waals surface area contributed by atoms with Crippen LogP contribution in [0.2, 0.25) is 5.02 Å². The fourth-order valence-electron chi connectivity index (χ4n) is 2.48. The van der Waals surface area contributed by atoms with Gasteiger partial charge in [0.15, 0.2) is 0 Å². The van der Waals surface area contributed by atoms with Crippen molar-refractivity contribution in [2.45, 2.75) is 26.1 Å². The minimum absolute atomic E-state index is 0.361. The second-order valence-electron chi connectivity index (χ2n) is 4.96. The number of aryl methyl sites for hydroxylation is 3. The molecule has 4 heteroatoms. The summed E-state index contributed by atoms with van der Waals surface area (Å²) in [6.07, 6.45) is 0. The van der Waals surface area contributed by atoms with Crippen LogP contribution >= 0.6 is 39.1 Å². The number of hydrogen-bond donors (Lipinski definition) is 0. The minimum atomic E-state index is -0.554. The molecular formula is C16H14BrCl2F. The Balaban J connectivity index is 2.57. The standard InChI is InChI=1S/C16H14BrCl2F/c1-8-4-9(2)15(10(3)5-8)16(19)11-6-13(18)12(17)7-14(11)20/h4-7,16H,1-3H3. The van der Waals surface area contributed by atoms with E-state index >= 15 is 0 Å². The molecule has 1 unspecified atom stereocenters. The van der Waals surface area contributed by atoms with E-state index in [1.54, 1.807) is 6.07 Å². The Labute approximate surface area is 137 Å². The van der Waals surface area contributed by atoms with E-state index in [9.17, 15) is 4.39 Å². The molecule has 0 fully saturated rings. The lowest BCUT2D eigenvalue weighted by Crippen LogP contribution is -2.03. The highest BCUT2D eigenvalue weighted by atomic mass is 79.9. The van der Waals surface area contributed by atoms with Crippen molar-refractivity contribution < 1.29 is 4.39 Å². The SMILES string of the molecule is Cc1cc(C)c(C(Cl)c2cc(Cl)c(Br)cc2F)c(C)c1. The maximum atomic E-state index is 14.1. The zero-order valence-corrected chi connectivity index (χ0v) is 14.5. The van der Waals surface area contributed by atoms with Crippen molar-refractivity contribution in [1.29, 1.82) is 0 Å². The molecule has 0 aromatic heterocycles. The molecule has 106 valence electrons. The average molecular weight is 376 g/mol. The van der Waals surface area contributed by atoms with E-state index in [1.807, 2.05) is 20.8 Å². The third-order valence-electron chi connectivity index (χ3n) is 3.30. The van der Waals surface area contributed by atoms with Crippen LogP contribution < -0.4 is 0 Å². The first-order valence-corrected chi connectivity index (χ1v) is 7.78. The van der Waals surface area contributed by atoms with Crippen molar-refractivity contribution in [3.05, 3.63) is 67.4 Å². The zero-order valence-electron chi connectivity index (χ0n) is 11.4. The lowest BCUT2D eigenvalue weighted by Gasteiger charge is -2.18. The normalized spacial score (nSPS) is 12.6. The molecule has 0 bridgehead atoms. The molecule has 0 amide bonds. The van der Waals surface area contributed by atoms with E-state index in [0.717, 1.165) is 16.7 Å². The lowest BCUT2D eigenvalue weighted by atomic mass is 9.93. The molecule has 2 aromatic rings. The molecule has 0 aliphatic carbocycles. The van der Waals surface area contributed by atoms with Gasteiger partial charge in [-0.1, -0.05) is 29.3 Å². The van der Waals surface area contributed by atoms with Gasteiger partial charge in [0.25, 0.3) is 0 Å². The molecule has 0 spiro atoms. The summed E-state index contributed by atoms with van der Waals surface area (Å²) in [5, 5.41) is -0.101. The van der Waals surface area contributed by atoms with Crippen LogP contribution in [0.5, 0.6) is 0 Å². The highest BCUT2D eigenvalue weighted by molar-refractivity contribution is 9.10. The van der Waals surface area contributed by atoms with Crippen LogP contribution in [0.1, 0.15) is 33.2 Å². The summed E-state index contributed by atoms with van der Waals surface area (Å²) in [6, 6.07) is 7.04. The lowest BCUT2D eigenvalue weighted by molar-refractivity contribution is 0.611. The Bertz CT molecular complexity index is 645. The average Bonchev–Trinajstić information content (AvgIpc) is 2.32. The molecule has 0 aliphatic heterocycles. The molecule has 0 nitrogen and oxygen atoms in total. The van der Waals surface area contributed by atoms with Crippen molar-refractivity contribution in [3.63, 3.8) is 0 Å². The summed E-state index contributed by atoms with van der Waals surface area (Å²) in [4.78, 5) is 0. The Morgan fingerprint density at radius 3 is 2.15 bits per heavy atom. The van der Waals surface area contributed by atoms with Crippen LogP contribution in [0.3, 0.4) is 0 Å². The van der Waals surface area contributed by atoms with Gasteiger partial charge in [-0.2, -0.15) is 0 Å². The summed E-state index contributed by atoms with van der Waals surface area (Å²) < 4.78 is 14.7. The zero-order chi connectivity index (χ0) is 15.0.